The summed E-state index contributed by atoms with van der Waals surface area (Å²) >= 11 is 0. The van der Waals surface area contributed by atoms with Crippen molar-refractivity contribution in [2.75, 3.05) is 18.2 Å². The van der Waals surface area contributed by atoms with Gasteiger partial charge in [-0.1, -0.05) is 12.1 Å². The highest BCUT2D eigenvalue weighted by atomic mass is 16.5. The molecule has 6 nitrogen and oxygen atoms in total. The second-order valence-electron chi connectivity index (χ2n) is 4.23. The number of hydrogen-bond acceptors (Lipinski definition) is 4. The maximum atomic E-state index is 11.9. The smallest absolute Gasteiger partial charge is 0.326 e. The van der Waals surface area contributed by atoms with Crippen LogP contribution in [0.4, 0.5) is 16.2 Å². The van der Waals surface area contributed by atoms with Gasteiger partial charge in [-0.05, 0) is 36.4 Å². The predicted octanol–water partition coefficient (Wildman–Crippen LogP) is 2.24. The molecule has 0 aromatic heterocycles. The van der Waals surface area contributed by atoms with Gasteiger partial charge in [0.2, 0.25) is 0 Å². The van der Waals surface area contributed by atoms with Crippen LogP contribution in [-0.2, 0) is 0 Å². The van der Waals surface area contributed by atoms with Gasteiger partial charge in [0, 0.05) is 11.3 Å². The number of anilines is 2. The minimum atomic E-state index is -0.638. The third-order valence-electron chi connectivity index (χ3n) is 2.76. The summed E-state index contributed by atoms with van der Waals surface area (Å²) in [5, 5.41) is 4.78. The number of nitrogens with one attached hydrogen (secondary N) is 2. The highest BCUT2D eigenvalue weighted by Crippen LogP contribution is 2.22. The molecule has 3 amide bonds. The molecule has 0 radical (unpaired) electrons. The van der Waals surface area contributed by atoms with Crippen molar-refractivity contribution < 1.29 is 14.3 Å². The van der Waals surface area contributed by atoms with E-state index in [1.165, 1.54) is 7.11 Å². The Bertz CT molecular complexity index is 653. The van der Waals surface area contributed by atoms with Crippen LogP contribution in [0.1, 0.15) is 10.4 Å². The summed E-state index contributed by atoms with van der Waals surface area (Å²) in [7, 11) is 1.50. The fourth-order valence-corrected chi connectivity index (χ4v) is 1.71. The lowest BCUT2D eigenvalue weighted by Crippen LogP contribution is -2.34. The second-order valence-corrected chi connectivity index (χ2v) is 4.23. The van der Waals surface area contributed by atoms with E-state index in [9.17, 15) is 9.59 Å². The Morgan fingerprint density at radius 3 is 2.38 bits per heavy atom. The van der Waals surface area contributed by atoms with Gasteiger partial charge in [-0.2, -0.15) is 0 Å². The van der Waals surface area contributed by atoms with Crippen molar-refractivity contribution in [3.63, 3.8) is 0 Å². The molecule has 2 aromatic rings. The molecule has 6 heteroatoms. The predicted molar refractivity (Wildman–Crippen MR) is 80.3 cm³/mol. The first-order valence-corrected chi connectivity index (χ1v) is 6.21. The molecule has 0 aliphatic carbocycles. The van der Waals surface area contributed by atoms with Gasteiger partial charge >= 0.3 is 6.03 Å². The van der Waals surface area contributed by atoms with Crippen LogP contribution in [0, 0.1) is 0 Å². The summed E-state index contributed by atoms with van der Waals surface area (Å²) in [6, 6.07) is 12.5. The summed E-state index contributed by atoms with van der Waals surface area (Å²) in [6.45, 7) is 0. The lowest BCUT2D eigenvalue weighted by atomic mass is 10.2. The number of rotatable bonds is 3. The lowest BCUT2D eigenvalue weighted by molar-refractivity contribution is 0.0967. The number of benzene rings is 2. The van der Waals surface area contributed by atoms with E-state index in [1.807, 2.05) is 0 Å². The molecule has 0 spiro atoms. The average molecular weight is 285 g/mol. The van der Waals surface area contributed by atoms with Gasteiger partial charge in [0.15, 0.2) is 0 Å². The molecule has 2 rings (SSSR count). The number of hydrogen-bond donors (Lipinski definition) is 3. The Labute approximate surface area is 121 Å². The van der Waals surface area contributed by atoms with Crippen molar-refractivity contribution in [1.29, 1.82) is 0 Å². The van der Waals surface area contributed by atoms with Crippen molar-refractivity contribution in [3.8, 4) is 5.75 Å². The number of carbonyl (C=O) groups is 2. The molecule has 4 N–H and O–H groups in total. The van der Waals surface area contributed by atoms with E-state index in [-0.39, 0.29) is 0 Å². The Balaban J connectivity index is 2.01. The number of ether oxygens (including phenoxy) is 1. The van der Waals surface area contributed by atoms with Gasteiger partial charge in [-0.15, -0.1) is 0 Å². The molecular formula is C15H15N3O3. The van der Waals surface area contributed by atoms with E-state index in [4.69, 9.17) is 10.5 Å². The minimum absolute atomic E-state index is 0.347. The molecule has 0 fully saturated rings. The van der Waals surface area contributed by atoms with E-state index in [0.29, 0.717) is 22.7 Å². The SMILES string of the molecule is COc1ccccc1NC(=O)NC(=O)c1ccc(N)cc1. The largest absolute Gasteiger partial charge is 0.495 e. The van der Waals surface area contributed by atoms with E-state index in [0.717, 1.165) is 0 Å². The topological polar surface area (TPSA) is 93.5 Å². The molecule has 0 heterocycles. The highest BCUT2D eigenvalue weighted by molar-refractivity contribution is 6.08. The number of amides is 3. The van der Waals surface area contributed by atoms with Crippen LogP contribution in [-0.4, -0.2) is 19.0 Å². The molecule has 0 unspecified atom stereocenters. The third-order valence-corrected chi connectivity index (χ3v) is 2.76. The number of para-hydroxylation sites is 2. The molecule has 2 aromatic carbocycles. The summed E-state index contributed by atoms with van der Waals surface area (Å²) in [5.41, 5.74) is 6.90. The quantitative estimate of drug-likeness (QED) is 0.754. The summed E-state index contributed by atoms with van der Waals surface area (Å²) in [4.78, 5) is 23.7. The Hall–Kier alpha value is -3.02. The molecular weight excluding hydrogens is 270 g/mol. The highest BCUT2D eigenvalue weighted by Gasteiger charge is 2.11. The fraction of sp³-hybridized carbons (Fsp3) is 0.0667. The molecule has 0 atom stereocenters. The zero-order valence-corrected chi connectivity index (χ0v) is 11.4. The van der Waals surface area contributed by atoms with Gasteiger partial charge in [0.1, 0.15) is 5.75 Å². The van der Waals surface area contributed by atoms with Crippen LogP contribution in [0.15, 0.2) is 48.5 Å². The van der Waals surface area contributed by atoms with E-state index in [1.54, 1.807) is 48.5 Å². The first-order chi connectivity index (χ1) is 10.1. The van der Waals surface area contributed by atoms with Gasteiger partial charge < -0.3 is 15.8 Å². The molecule has 0 aliphatic heterocycles. The minimum Gasteiger partial charge on any atom is -0.495 e. The maximum Gasteiger partial charge on any atom is 0.326 e. The lowest BCUT2D eigenvalue weighted by Gasteiger charge is -2.10. The van der Waals surface area contributed by atoms with Crippen LogP contribution in [0.5, 0.6) is 5.75 Å². The van der Waals surface area contributed by atoms with Crippen molar-refractivity contribution in [3.05, 3.63) is 54.1 Å². The fourth-order valence-electron chi connectivity index (χ4n) is 1.71. The molecule has 0 saturated carbocycles. The maximum absolute atomic E-state index is 11.9. The summed E-state index contributed by atoms with van der Waals surface area (Å²) in [6.07, 6.45) is 0. The third kappa shape index (κ3) is 3.73. The number of imide groups is 1. The van der Waals surface area contributed by atoms with Gasteiger partial charge in [0.25, 0.3) is 5.91 Å². The van der Waals surface area contributed by atoms with E-state index in [2.05, 4.69) is 10.6 Å². The first kappa shape index (κ1) is 14.4. The second kappa shape index (κ2) is 6.42. The number of methoxy groups -OCH3 is 1. The average Bonchev–Trinajstić information content (AvgIpc) is 2.48. The Kier molecular flexibility index (Phi) is 4.40. The molecule has 0 bridgehead atoms. The van der Waals surface area contributed by atoms with Crippen LogP contribution < -0.4 is 21.1 Å². The van der Waals surface area contributed by atoms with Crippen molar-refractivity contribution in [1.82, 2.24) is 5.32 Å². The number of carbonyl (C=O) groups excluding carboxylic acids is 2. The molecule has 108 valence electrons. The van der Waals surface area contributed by atoms with Crippen LogP contribution >= 0.6 is 0 Å². The van der Waals surface area contributed by atoms with Crippen molar-refractivity contribution in [2.45, 2.75) is 0 Å². The molecule has 0 aliphatic rings. The standard InChI is InChI=1S/C15H15N3O3/c1-21-13-5-3-2-4-12(13)17-15(20)18-14(19)10-6-8-11(16)9-7-10/h2-9H,16H2,1H3,(H2,17,18,19,20). The van der Waals surface area contributed by atoms with Crippen molar-refractivity contribution >= 4 is 23.3 Å². The van der Waals surface area contributed by atoms with Gasteiger partial charge in [0.05, 0.1) is 12.8 Å². The van der Waals surface area contributed by atoms with Crippen LogP contribution in [0.2, 0.25) is 0 Å². The molecule has 21 heavy (non-hydrogen) atoms. The van der Waals surface area contributed by atoms with Crippen molar-refractivity contribution in [2.24, 2.45) is 0 Å². The van der Waals surface area contributed by atoms with E-state index >= 15 is 0 Å². The number of nitrogen functional groups attached to an aromatic ring is 1. The van der Waals surface area contributed by atoms with Crippen LogP contribution in [0.25, 0.3) is 0 Å². The molecule has 0 saturated heterocycles. The van der Waals surface area contributed by atoms with Crippen LogP contribution in [0.3, 0.4) is 0 Å². The summed E-state index contributed by atoms with van der Waals surface area (Å²) < 4.78 is 5.11. The Morgan fingerprint density at radius 1 is 1.05 bits per heavy atom. The Morgan fingerprint density at radius 2 is 1.71 bits per heavy atom. The zero-order valence-electron chi connectivity index (χ0n) is 11.4. The zero-order chi connectivity index (χ0) is 15.2. The van der Waals surface area contributed by atoms with E-state index < -0.39 is 11.9 Å². The monoisotopic (exact) mass is 285 g/mol. The normalized spacial score (nSPS) is 9.76. The number of urea groups is 1. The van der Waals surface area contributed by atoms with Gasteiger partial charge in [-0.3, -0.25) is 10.1 Å². The first-order valence-electron chi connectivity index (χ1n) is 6.21. The number of nitrogens with two attached hydrogens (primary N) is 1. The summed E-state index contributed by atoms with van der Waals surface area (Å²) in [5.74, 6) is -0.00465. The van der Waals surface area contributed by atoms with Gasteiger partial charge in [-0.25, -0.2) is 4.79 Å².